The van der Waals surface area contributed by atoms with Crippen LogP contribution in [0.5, 0.6) is 0 Å². The zero-order chi connectivity index (χ0) is 27.8. The highest BCUT2D eigenvalue weighted by atomic mass is 28.3. The second-order valence-corrected chi connectivity index (χ2v) is 14.7. The summed E-state index contributed by atoms with van der Waals surface area (Å²) >= 11 is 0. The lowest BCUT2D eigenvalue weighted by Crippen LogP contribution is -2.58. The predicted octanol–water partition coefficient (Wildman–Crippen LogP) is 7.26. The molecular weight excluding hydrogens is 515 g/mol. The third-order valence-corrected chi connectivity index (χ3v) is 12.9. The van der Waals surface area contributed by atoms with Crippen LogP contribution in [0.2, 0.25) is 5.54 Å². The first-order valence-corrected chi connectivity index (χ1v) is 16.8. The van der Waals surface area contributed by atoms with Gasteiger partial charge in [0.05, 0.1) is 0 Å². The molecule has 0 aromatic heterocycles. The van der Waals surface area contributed by atoms with Crippen molar-refractivity contribution in [3.8, 4) is 6.07 Å². The largest absolute Gasteiger partial charge is 0.338 e. The van der Waals surface area contributed by atoms with Gasteiger partial charge in [0.1, 0.15) is 20.6 Å². The van der Waals surface area contributed by atoms with Crippen LogP contribution in [0.25, 0.3) is 5.57 Å². The van der Waals surface area contributed by atoms with Crippen molar-refractivity contribution in [1.82, 2.24) is 0 Å². The summed E-state index contributed by atoms with van der Waals surface area (Å²) in [6.45, 7) is 2.11. The number of benzene rings is 3. The van der Waals surface area contributed by atoms with Crippen molar-refractivity contribution in [1.29, 1.82) is 5.26 Å². The number of nitriles is 1. The van der Waals surface area contributed by atoms with Gasteiger partial charge < -0.3 is 4.90 Å². The molecule has 202 valence electrons. The Balaban J connectivity index is 1.30. The molecule has 4 atom stereocenters. The molecule has 2 heterocycles. The van der Waals surface area contributed by atoms with E-state index in [-0.39, 0.29) is 5.92 Å². The Labute approximate surface area is 245 Å². The summed E-state index contributed by atoms with van der Waals surface area (Å²) in [6.07, 6.45) is 16.9. The van der Waals surface area contributed by atoms with E-state index in [2.05, 4.69) is 126 Å². The van der Waals surface area contributed by atoms with Crippen LogP contribution in [0.3, 0.4) is 0 Å². The molecule has 0 spiro atoms. The summed E-state index contributed by atoms with van der Waals surface area (Å²) in [7, 11) is -1.46. The predicted molar refractivity (Wildman–Crippen MR) is 174 cm³/mol. The van der Waals surface area contributed by atoms with E-state index in [1.165, 1.54) is 45.3 Å². The molecule has 7 rings (SSSR count). The van der Waals surface area contributed by atoms with Gasteiger partial charge in [-0.1, -0.05) is 97.1 Å². The molecule has 4 aliphatic rings. The maximum absolute atomic E-state index is 9.43. The Morgan fingerprint density at radius 2 is 1.71 bits per heavy atom. The molecule has 4 heteroatoms. The van der Waals surface area contributed by atoms with Crippen LogP contribution >= 0.6 is 0 Å². The Bertz CT molecular complexity index is 1670. The van der Waals surface area contributed by atoms with Gasteiger partial charge in [-0.05, 0) is 83.3 Å². The van der Waals surface area contributed by atoms with Crippen LogP contribution in [0.15, 0.2) is 126 Å². The van der Waals surface area contributed by atoms with Gasteiger partial charge in [-0.25, -0.2) is 4.99 Å². The van der Waals surface area contributed by atoms with Gasteiger partial charge in [-0.2, -0.15) is 5.26 Å². The Morgan fingerprint density at radius 3 is 2.54 bits per heavy atom. The number of rotatable bonds is 4. The first-order chi connectivity index (χ1) is 20.2. The van der Waals surface area contributed by atoms with E-state index in [9.17, 15) is 5.26 Å². The Hall–Kier alpha value is -4.20. The molecule has 0 N–H and O–H groups in total. The van der Waals surface area contributed by atoms with Crippen LogP contribution in [0, 0.1) is 17.2 Å². The standard InChI is InChI=1S/C37H35N3Si/c1-26-22-28(25-39-33(26)24-38)32-17-6-5-16-31(32)27-12-11-13-29(23-27)40-34-18-7-9-20-36(34)41(30-14-3-2-4-15-30)37-21-10-8-19-35(37)40/h2-4,7,9-18,20-21,23,25-26,35,37,41H,5-6,8,19,22H2,1H3. The molecular formula is C37H35N3Si. The quantitative estimate of drug-likeness (QED) is 0.254. The lowest BCUT2D eigenvalue weighted by Gasteiger charge is -2.48. The second-order valence-electron chi connectivity index (χ2n) is 11.7. The molecule has 0 amide bonds. The topological polar surface area (TPSA) is 39.4 Å². The molecule has 3 aromatic carbocycles. The zero-order valence-corrected chi connectivity index (χ0v) is 24.7. The highest BCUT2D eigenvalue weighted by Crippen LogP contribution is 2.44. The fraction of sp³-hybridized carbons (Fsp3) is 0.243. The molecule has 0 radical (unpaired) electrons. The third-order valence-electron chi connectivity index (χ3n) is 9.24. The number of fused-ring (bicyclic) bond motifs is 2. The average molecular weight is 550 g/mol. The highest BCUT2D eigenvalue weighted by molar-refractivity contribution is 6.88. The number of para-hydroxylation sites is 1. The zero-order valence-electron chi connectivity index (χ0n) is 23.6. The number of aliphatic imine (C=N–C) groups is 1. The molecule has 41 heavy (non-hydrogen) atoms. The van der Waals surface area contributed by atoms with E-state index in [0.29, 0.717) is 17.3 Å². The number of nitrogens with zero attached hydrogens (tertiary/aromatic N) is 3. The Morgan fingerprint density at radius 1 is 0.902 bits per heavy atom. The molecule has 0 bridgehead atoms. The van der Waals surface area contributed by atoms with E-state index in [1.807, 2.05) is 6.20 Å². The smallest absolute Gasteiger partial charge is 0.120 e. The summed E-state index contributed by atoms with van der Waals surface area (Å²) in [5.41, 5.74) is 8.94. The first-order valence-electron chi connectivity index (χ1n) is 15.0. The van der Waals surface area contributed by atoms with Gasteiger partial charge in [-0.15, -0.1) is 0 Å². The minimum atomic E-state index is -1.46. The average Bonchev–Trinajstić information content (AvgIpc) is 3.04. The van der Waals surface area contributed by atoms with Crippen molar-refractivity contribution in [2.45, 2.75) is 50.6 Å². The molecule has 4 unspecified atom stereocenters. The summed E-state index contributed by atoms with van der Waals surface area (Å²) in [5.74, 6) is 0.151. The lowest BCUT2D eigenvalue weighted by atomic mass is 9.82. The number of hydrogen-bond acceptors (Lipinski definition) is 3. The summed E-state index contributed by atoms with van der Waals surface area (Å²) < 4.78 is 0. The molecule has 2 aliphatic heterocycles. The van der Waals surface area contributed by atoms with Crippen molar-refractivity contribution < 1.29 is 0 Å². The molecule has 0 saturated heterocycles. The SMILES string of the molecule is CC1CC(C2=CCCC=C2c2cccc(N3c4ccccc4[SiH](c4ccccc4)C4C=CCCC43)c2)=CN=C1C#N. The van der Waals surface area contributed by atoms with Gasteiger partial charge in [0.15, 0.2) is 0 Å². The van der Waals surface area contributed by atoms with Crippen molar-refractivity contribution in [2.24, 2.45) is 10.9 Å². The first kappa shape index (κ1) is 25.7. The third kappa shape index (κ3) is 4.65. The maximum atomic E-state index is 9.43. The van der Waals surface area contributed by atoms with Crippen LogP contribution < -0.4 is 15.3 Å². The van der Waals surface area contributed by atoms with Gasteiger partial charge in [0, 0.05) is 29.5 Å². The normalized spacial score (nSPS) is 25.1. The van der Waals surface area contributed by atoms with Gasteiger partial charge >= 0.3 is 0 Å². The summed E-state index contributed by atoms with van der Waals surface area (Å²) in [5, 5.41) is 12.5. The van der Waals surface area contributed by atoms with Crippen molar-refractivity contribution in [2.75, 3.05) is 4.90 Å². The van der Waals surface area contributed by atoms with Crippen LogP contribution in [-0.2, 0) is 0 Å². The van der Waals surface area contributed by atoms with Crippen molar-refractivity contribution in [3.63, 3.8) is 0 Å². The van der Waals surface area contributed by atoms with Crippen LogP contribution in [-0.4, -0.2) is 20.6 Å². The molecule has 0 fully saturated rings. The van der Waals surface area contributed by atoms with E-state index in [1.54, 1.807) is 5.19 Å². The van der Waals surface area contributed by atoms with Gasteiger partial charge in [0.25, 0.3) is 0 Å². The van der Waals surface area contributed by atoms with E-state index < -0.39 is 8.80 Å². The second kappa shape index (κ2) is 11.0. The number of hydrogen-bond donors (Lipinski definition) is 0. The van der Waals surface area contributed by atoms with Crippen molar-refractivity contribution >= 4 is 41.8 Å². The molecule has 3 nitrogen and oxygen atoms in total. The van der Waals surface area contributed by atoms with Crippen molar-refractivity contribution in [3.05, 3.63) is 126 Å². The highest BCUT2D eigenvalue weighted by Gasteiger charge is 2.42. The number of allylic oxidation sites excluding steroid dienone is 6. The molecule has 2 aliphatic carbocycles. The maximum Gasteiger partial charge on any atom is 0.120 e. The summed E-state index contributed by atoms with van der Waals surface area (Å²) in [6, 6.07) is 32.4. The van der Waals surface area contributed by atoms with Gasteiger partial charge in [-0.3, -0.25) is 0 Å². The fourth-order valence-electron chi connectivity index (χ4n) is 7.37. The van der Waals surface area contributed by atoms with E-state index in [4.69, 9.17) is 0 Å². The Kier molecular flexibility index (Phi) is 6.90. The molecule has 3 aromatic rings. The van der Waals surface area contributed by atoms with E-state index in [0.717, 1.165) is 25.7 Å². The lowest BCUT2D eigenvalue weighted by molar-refractivity contribution is 0.581. The van der Waals surface area contributed by atoms with Crippen LogP contribution in [0.1, 0.15) is 44.6 Å². The van der Waals surface area contributed by atoms with Crippen LogP contribution in [0.4, 0.5) is 11.4 Å². The monoisotopic (exact) mass is 549 g/mol. The minimum Gasteiger partial charge on any atom is -0.338 e. The van der Waals surface area contributed by atoms with Gasteiger partial charge in [0.2, 0.25) is 0 Å². The summed E-state index contributed by atoms with van der Waals surface area (Å²) in [4.78, 5) is 7.19. The van der Waals surface area contributed by atoms with E-state index >= 15 is 0 Å². The number of anilines is 2. The molecule has 0 saturated carbocycles. The minimum absolute atomic E-state index is 0.151. The fourth-order valence-corrected chi connectivity index (χ4v) is 11.3.